The summed E-state index contributed by atoms with van der Waals surface area (Å²) in [6.07, 6.45) is 21.8. The summed E-state index contributed by atoms with van der Waals surface area (Å²) < 4.78 is 16.1. The summed E-state index contributed by atoms with van der Waals surface area (Å²) in [5.74, 6) is 1.53. The molecule has 0 saturated heterocycles. The van der Waals surface area contributed by atoms with Crippen LogP contribution in [0.5, 0.6) is 17.2 Å². The normalized spacial score (nSPS) is 11.1. The Labute approximate surface area is 207 Å². The van der Waals surface area contributed by atoms with Crippen LogP contribution in [0.15, 0.2) is 17.2 Å². The largest absolute Gasteiger partial charge is 0.493 e. The van der Waals surface area contributed by atoms with Crippen LogP contribution < -0.4 is 19.6 Å². The molecule has 1 amide bonds. The molecule has 0 spiro atoms. The van der Waals surface area contributed by atoms with E-state index in [1.807, 2.05) is 6.07 Å². The maximum Gasteiger partial charge on any atom is 0.240 e. The zero-order chi connectivity index (χ0) is 24.9. The molecule has 0 radical (unpaired) electrons. The van der Waals surface area contributed by atoms with Crippen molar-refractivity contribution in [2.75, 3.05) is 21.3 Å². The fourth-order valence-electron chi connectivity index (χ4n) is 4.11. The lowest BCUT2D eigenvalue weighted by molar-refractivity contribution is -0.121. The fraction of sp³-hybridized carbons (Fsp3) is 0.714. The number of carbonyl (C=O) groups excluding carboxylic acids is 1. The molecule has 1 N–H and O–H groups in total. The van der Waals surface area contributed by atoms with E-state index >= 15 is 0 Å². The predicted molar refractivity (Wildman–Crippen MR) is 141 cm³/mol. The van der Waals surface area contributed by atoms with Crippen LogP contribution in [-0.4, -0.2) is 33.5 Å². The predicted octanol–water partition coefficient (Wildman–Crippen LogP) is 7.42. The van der Waals surface area contributed by atoms with Gasteiger partial charge in [-0.3, -0.25) is 4.79 Å². The number of amides is 1. The van der Waals surface area contributed by atoms with E-state index < -0.39 is 0 Å². The van der Waals surface area contributed by atoms with Gasteiger partial charge in [0, 0.05) is 12.0 Å². The number of methoxy groups -OCH3 is 3. The molecule has 0 heterocycles. The summed E-state index contributed by atoms with van der Waals surface area (Å²) in [4.78, 5) is 12.0. The molecule has 34 heavy (non-hydrogen) atoms. The second-order valence-electron chi connectivity index (χ2n) is 8.92. The fourth-order valence-corrected chi connectivity index (χ4v) is 4.11. The summed E-state index contributed by atoms with van der Waals surface area (Å²) in [6.45, 7) is 2.27. The first kappa shape index (κ1) is 29.8. The first-order chi connectivity index (χ1) is 16.7. The van der Waals surface area contributed by atoms with Crippen LogP contribution in [0, 0.1) is 0 Å². The molecule has 0 atom stereocenters. The standard InChI is InChI=1S/C28H48N2O4/c1-5-6-7-8-9-10-11-12-13-14-15-16-17-18-19-20-26(31)30-29-23-24-21-22-25(32-2)28(34-4)27(24)33-3/h21-23H,5-20H2,1-4H3,(H,30,31). The van der Waals surface area contributed by atoms with E-state index in [0.29, 0.717) is 29.2 Å². The van der Waals surface area contributed by atoms with Crippen molar-refractivity contribution in [1.29, 1.82) is 0 Å². The summed E-state index contributed by atoms with van der Waals surface area (Å²) in [5, 5.41) is 4.07. The minimum atomic E-state index is -0.0645. The molecule has 6 nitrogen and oxygen atoms in total. The number of ether oxygens (including phenoxy) is 3. The van der Waals surface area contributed by atoms with Crippen LogP contribution in [0.3, 0.4) is 0 Å². The third-order valence-electron chi connectivity index (χ3n) is 6.13. The van der Waals surface area contributed by atoms with Crippen LogP contribution in [-0.2, 0) is 4.79 Å². The molecule has 6 heteroatoms. The Kier molecular flexibility index (Phi) is 17.7. The topological polar surface area (TPSA) is 69.2 Å². The second kappa shape index (κ2) is 20.2. The van der Waals surface area contributed by atoms with E-state index in [4.69, 9.17) is 14.2 Å². The van der Waals surface area contributed by atoms with Gasteiger partial charge in [0.1, 0.15) is 0 Å². The molecule has 0 unspecified atom stereocenters. The van der Waals surface area contributed by atoms with Gasteiger partial charge >= 0.3 is 0 Å². The average Bonchev–Trinajstić information content (AvgIpc) is 2.85. The van der Waals surface area contributed by atoms with E-state index in [1.165, 1.54) is 83.5 Å². The molecule has 194 valence electrons. The molecule has 1 rings (SSSR count). The van der Waals surface area contributed by atoms with Gasteiger partial charge in [0.05, 0.1) is 27.5 Å². The molecule has 1 aromatic carbocycles. The van der Waals surface area contributed by atoms with Crippen molar-refractivity contribution < 1.29 is 19.0 Å². The Morgan fingerprint density at radius 3 is 1.71 bits per heavy atom. The van der Waals surface area contributed by atoms with Crippen molar-refractivity contribution >= 4 is 12.1 Å². The first-order valence-corrected chi connectivity index (χ1v) is 13.3. The van der Waals surface area contributed by atoms with Crippen molar-refractivity contribution in [3.05, 3.63) is 17.7 Å². The zero-order valence-electron chi connectivity index (χ0n) is 22.1. The molecule has 0 saturated carbocycles. The molecule has 0 aliphatic carbocycles. The van der Waals surface area contributed by atoms with E-state index in [0.717, 1.165) is 12.8 Å². The lowest BCUT2D eigenvalue weighted by Crippen LogP contribution is -2.17. The molecular weight excluding hydrogens is 428 g/mol. The maximum atomic E-state index is 12.0. The number of hydrogen-bond donors (Lipinski definition) is 1. The molecule has 0 aliphatic heterocycles. The summed E-state index contributed by atoms with van der Waals surface area (Å²) in [6, 6.07) is 3.59. The number of hydrogen-bond acceptors (Lipinski definition) is 5. The smallest absolute Gasteiger partial charge is 0.240 e. The van der Waals surface area contributed by atoms with Crippen molar-refractivity contribution in [1.82, 2.24) is 5.43 Å². The number of nitrogens with one attached hydrogen (secondary N) is 1. The van der Waals surface area contributed by atoms with Gasteiger partial charge < -0.3 is 14.2 Å². The summed E-state index contributed by atoms with van der Waals surface area (Å²) in [7, 11) is 4.69. The van der Waals surface area contributed by atoms with Crippen LogP contribution in [0.2, 0.25) is 0 Å². The number of rotatable bonds is 21. The number of hydrazone groups is 1. The van der Waals surface area contributed by atoms with E-state index in [-0.39, 0.29) is 5.91 Å². The SMILES string of the molecule is CCCCCCCCCCCCCCCCCC(=O)NN=Cc1ccc(OC)c(OC)c1OC. The van der Waals surface area contributed by atoms with Crippen molar-refractivity contribution in [2.24, 2.45) is 5.10 Å². The molecule has 1 aromatic rings. The number of nitrogens with zero attached hydrogens (tertiary/aromatic N) is 1. The Hall–Kier alpha value is -2.24. The van der Waals surface area contributed by atoms with Gasteiger partial charge in [0.25, 0.3) is 0 Å². The molecule has 0 aliphatic rings. The van der Waals surface area contributed by atoms with Gasteiger partial charge in [-0.05, 0) is 18.6 Å². The number of unbranched alkanes of at least 4 members (excludes halogenated alkanes) is 14. The zero-order valence-corrected chi connectivity index (χ0v) is 22.1. The molecule has 0 aromatic heterocycles. The highest BCUT2D eigenvalue weighted by Gasteiger charge is 2.14. The van der Waals surface area contributed by atoms with E-state index in [1.54, 1.807) is 33.6 Å². The molecule has 0 bridgehead atoms. The lowest BCUT2D eigenvalue weighted by atomic mass is 10.0. The van der Waals surface area contributed by atoms with Gasteiger partial charge in [-0.2, -0.15) is 5.10 Å². The van der Waals surface area contributed by atoms with Gasteiger partial charge in [0.2, 0.25) is 11.7 Å². The van der Waals surface area contributed by atoms with Gasteiger partial charge in [0.15, 0.2) is 11.5 Å². The molecule has 0 fully saturated rings. The maximum absolute atomic E-state index is 12.0. The third-order valence-corrected chi connectivity index (χ3v) is 6.13. The highest BCUT2D eigenvalue weighted by Crippen LogP contribution is 2.38. The quantitative estimate of drug-likeness (QED) is 0.114. The Morgan fingerprint density at radius 2 is 1.24 bits per heavy atom. The highest BCUT2D eigenvalue weighted by molar-refractivity contribution is 5.87. The highest BCUT2D eigenvalue weighted by atomic mass is 16.5. The second-order valence-corrected chi connectivity index (χ2v) is 8.92. The van der Waals surface area contributed by atoms with Gasteiger partial charge in [-0.15, -0.1) is 0 Å². The minimum absolute atomic E-state index is 0.0645. The Balaban J connectivity index is 2.07. The lowest BCUT2D eigenvalue weighted by Gasteiger charge is -2.13. The first-order valence-electron chi connectivity index (χ1n) is 13.3. The van der Waals surface area contributed by atoms with E-state index in [9.17, 15) is 4.79 Å². The van der Waals surface area contributed by atoms with Crippen LogP contribution in [0.4, 0.5) is 0 Å². The van der Waals surface area contributed by atoms with Crippen LogP contribution in [0.25, 0.3) is 0 Å². The Bertz CT molecular complexity index is 691. The van der Waals surface area contributed by atoms with Crippen LogP contribution >= 0.6 is 0 Å². The van der Waals surface area contributed by atoms with Gasteiger partial charge in [-0.25, -0.2) is 5.43 Å². The minimum Gasteiger partial charge on any atom is -0.493 e. The monoisotopic (exact) mass is 476 g/mol. The average molecular weight is 477 g/mol. The van der Waals surface area contributed by atoms with Gasteiger partial charge in [-0.1, -0.05) is 96.8 Å². The van der Waals surface area contributed by atoms with Crippen molar-refractivity contribution in [3.63, 3.8) is 0 Å². The third kappa shape index (κ3) is 12.9. The van der Waals surface area contributed by atoms with Crippen molar-refractivity contribution in [2.45, 2.75) is 110 Å². The van der Waals surface area contributed by atoms with Crippen LogP contribution in [0.1, 0.15) is 115 Å². The summed E-state index contributed by atoms with van der Waals surface area (Å²) in [5.41, 5.74) is 3.30. The summed E-state index contributed by atoms with van der Waals surface area (Å²) >= 11 is 0. The number of carbonyl (C=O) groups is 1. The Morgan fingerprint density at radius 1 is 0.735 bits per heavy atom. The van der Waals surface area contributed by atoms with Crippen molar-refractivity contribution in [3.8, 4) is 17.2 Å². The van der Waals surface area contributed by atoms with E-state index in [2.05, 4.69) is 17.5 Å². The number of benzene rings is 1. The molecular formula is C28H48N2O4.